The van der Waals surface area contributed by atoms with Crippen molar-refractivity contribution >= 4 is 11.8 Å². The lowest BCUT2D eigenvalue weighted by Crippen LogP contribution is -2.37. The summed E-state index contributed by atoms with van der Waals surface area (Å²) >= 11 is 0. The minimum absolute atomic E-state index is 0.0276. The largest absolute Gasteiger partial charge is 0.355 e. The van der Waals surface area contributed by atoms with Crippen molar-refractivity contribution in [3.8, 4) is 0 Å². The van der Waals surface area contributed by atoms with E-state index < -0.39 is 0 Å². The zero-order chi connectivity index (χ0) is 16.3. The van der Waals surface area contributed by atoms with Gasteiger partial charge in [0, 0.05) is 12.1 Å². The van der Waals surface area contributed by atoms with Gasteiger partial charge in [-0.25, -0.2) is 0 Å². The lowest BCUT2D eigenvalue weighted by Gasteiger charge is -2.26. The van der Waals surface area contributed by atoms with Gasteiger partial charge >= 0.3 is 0 Å². The molecule has 0 bridgehead atoms. The van der Waals surface area contributed by atoms with Crippen LogP contribution in [0.15, 0.2) is 30.3 Å². The number of amides is 2. The van der Waals surface area contributed by atoms with E-state index in [1.165, 1.54) is 32.4 Å². The van der Waals surface area contributed by atoms with Gasteiger partial charge in [0.05, 0.1) is 6.54 Å². The summed E-state index contributed by atoms with van der Waals surface area (Å²) in [6, 6.07) is 8.92. The molecule has 0 atom stereocenters. The van der Waals surface area contributed by atoms with Crippen molar-refractivity contribution in [2.75, 3.05) is 32.7 Å². The second-order valence-electron chi connectivity index (χ2n) is 6.01. The van der Waals surface area contributed by atoms with Gasteiger partial charge in [0.1, 0.15) is 0 Å². The summed E-state index contributed by atoms with van der Waals surface area (Å²) in [5.74, 6) is -0.349. The lowest BCUT2D eigenvalue weighted by molar-refractivity contribution is -0.120. The second-order valence-corrected chi connectivity index (χ2v) is 6.01. The molecule has 1 aromatic rings. The summed E-state index contributed by atoms with van der Waals surface area (Å²) in [5.41, 5.74) is 0.571. The number of rotatable bonds is 8. The minimum atomic E-state index is -0.217. The average Bonchev–Trinajstić information content (AvgIpc) is 2.61. The van der Waals surface area contributed by atoms with Gasteiger partial charge < -0.3 is 15.5 Å². The van der Waals surface area contributed by atoms with Crippen molar-refractivity contribution in [3.63, 3.8) is 0 Å². The average molecular weight is 317 g/mol. The first kappa shape index (κ1) is 17.5. The van der Waals surface area contributed by atoms with Crippen LogP contribution in [-0.2, 0) is 4.79 Å². The van der Waals surface area contributed by atoms with Gasteiger partial charge in [-0.3, -0.25) is 9.59 Å². The summed E-state index contributed by atoms with van der Waals surface area (Å²) in [7, 11) is 0. The third-order valence-corrected chi connectivity index (χ3v) is 4.12. The van der Waals surface area contributed by atoms with Crippen LogP contribution in [0.25, 0.3) is 0 Å². The maximum atomic E-state index is 11.8. The van der Waals surface area contributed by atoms with Crippen molar-refractivity contribution in [2.45, 2.75) is 32.1 Å². The Morgan fingerprint density at radius 2 is 1.70 bits per heavy atom. The maximum Gasteiger partial charge on any atom is 0.251 e. The molecule has 0 aromatic heterocycles. The van der Waals surface area contributed by atoms with E-state index >= 15 is 0 Å². The Balaban J connectivity index is 1.50. The molecule has 1 saturated heterocycles. The number of likely N-dealkylation sites (tertiary alicyclic amines) is 1. The summed E-state index contributed by atoms with van der Waals surface area (Å²) < 4.78 is 0. The predicted octanol–water partition coefficient (Wildman–Crippen LogP) is 1.80. The number of benzene rings is 1. The molecule has 0 aliphatic carbocycles. The van der Waals surface area contributed by atoms with Crippen LogP contribution in [0.1, 0.15) is 42.5 Å². The number of hydrogen-bond acceptors (Lipinski definition) is 3. The van der Waals surface area contributed by atoms with E-state index in [0.29, 0.717) is 12.1 Å². The van der Waals surface area contributed by atoms with E-state index in [2.05, 4.69) is 15.5 Å². The number of nitrogens with one attached hydrogen (secondary N) is 2. The highest BCUT2D eigenvalue weighted by Crippen LogP contribution is 2.09. The molecule has 2 N–H and O–H groups in total. The molecule has 23 heavy (non-hydrogen) atoms. The van der Waals surface area contributed by atoms with Gasteiger partial charge in [-0.2, -0.15) is 0 Å². The molecule has 1 aromatic carbocycles. The number of nitrogens with zero attached hydrogens (tertiary/aromatic N) is 1. The smallest absolute Gasteiger partial charge is 0.251 e. The topological polar surface area (TPSA) is 61.4 Å². The van der Waals surface area contributed by atoms with E-state index in [1.807, 2.05) is 6.07 Å². The molecule has 5 nitrogen and oxygen atoms in total. The molecule has 1 aliphatic rings. The van der Waals surface area contributed by atoms with Crippen LogP contribution >= 0.6 is 0 Å². The van der Waals surface area contributed by atoms with Crippen LogP contribution in [0.5, 0.6) is 0 Å². The molecule has 2 amide bonds. The third kappa shape index (κ3) is 6.82. The Hall–Kier alpha value is -1.88. The van der Waals surface area contributed by atoms with E-state index in [1.54, 1.807) is 24.3 Å². The zero-order valence-corrected chi connectivity index (χ0v) is 13.7. The molecule has 0 saturated carbocycles. The number of carbonyl (C=O) groups is 2. The minimum Gasteiger partial charge on any atom is -0.355 e. The fourth-order valence-electron chi connectivity index (χ4n) is 2.79. The van der Waals surface area contributed by atoms with E-state index in [9.17, 15) is 9.59 Å². The first-order valence-corrected chi connectivity index (χ1v) is 8.58. The highest BCUT2D eigenvalue weighted by molar-refractivity contribution is 5.96. The van der Waals surface area contributed by atoms with E-state index in [-0.39, 0.29) is 18.4 Å². The van der Waals surface area contributed by atoms with Crippen LogP contribution in [0.4, 0.5) is 0 Å². The number of hydrogen-bond donors (Lipinski definition) is 2. The van der Waals surface area contributed by atoms with Gasteiger partial charge in [0.15, 0.2) is 0 Å². The van der Waals surface area contributed by atoms with Crippen molar-refractivity contribution in [2.24, 2.45) is 0 Å². The zero-order valence-electron chi connectivity index (χ0n) is 13.7. The Bertz CT molecular complexity index is 484. The normalized spacial score (nSPS) is 15.1. The van der Waals surface area contributed by atoms with Gasteiger partial charge in [-0.15, -0.1) is 0 Å². The molecule has 1 aliphatic heterocycles. The summed E-state index contributed by atoms with van der Waals surface area (Å²) in [5, 5.41) is 5.49. The van der Waals surface area contributed by atoms with Crippen molar-refractivity contribution in [3.05, 3.63) is 35.9 Å². The van der Waals surface area contributed by atoms with Crippen LogP contribution in [-0.4, -0.2) is 49.4 Å². The molecule has 5 heteroatoms. The molecule has 0 spiro atoms. The Morgan fingerprint density at radius 3 is 2.43 bits per heavy atom. The summed E-state index contributed by atoms with van der Waals surface area (Å²) in [4.78, 5) is 26.0. The monoisotopic (exact) mass is 317 g/mol. The Morgan fingerprint density at radius 1 is 0.957 bits per heavy atom. The van der Waals surface area contributed by atoms with Crippen molar-refractivity contribution in [1.29, 1.82) is 0 Å². The molecule has 0 unspecified atom stereocenters. The molecule has 1 heterocycles. The molecular formula is C18H27N3O2. The molecule has 126 valence electrons. The van der Waals surface area contributed by atoms with Gasteiger partial charge in [0.25, 0.3) is 5.91 Å². The number of piperidine rings is 1. The van der Waals surface area contributed by atoms with Crippen molar-refractivity contribution < 1.29 is 9.59 Å². The Kier molecular flexibility index (Phi) is 7.60. The number of carbonyl (C=O) groups excluding carboxylic acids is 2. The highest BCUT2D eigenvalue weighted by atomic mass is 16.2. The Labute approximate surface area is 138 Å². The highest BCUT2D eigenvalue weighted by Gasteiger charge is 2.09. The quantitative estimate of drug-likeness (QED) is 0.719. The van der Waals surface area contributed by atoms with Crippen LogP contribution in [0.2, 0.25) is 0 Å². The lowest BCUT2D eigenvalue weighted by atomic mass is 10.1. The maximum absolute atomic E-state index is 11.8. The molecule has 1 fully saturated rings. The van der Waals surface area contributed by atoms with E-state index in [4.69, 9.17) is 0 Å². The number of unbranched alkanes of at least 4 members (excludes halogenated alkanes) is 1. The van der Waals surface area contributed by atoms with Crippen LogP contribution < -0.4 is 10.6 Å². The predicted molar refractivity (Wildman–Crippen MR) is 91.3 cm³/mol. The molecule has 2 rings (SSSR count). The van der Waals surface area contributed by atoms with E-state index in [0.717, 1.165) is 19.4 Å². The standard InChI is InChI=1S/C18H27N3O2/c22-17(15-20-18(23)16-9-3-1-4-10-16)19-11-5-8-14-21-12-6-2-7-13-21/h1,3-4,9-10H,2,5-8,11-15H2,(H,19,22)(H,20,23). The first-order chi connectivity index (χ1) is 11.3. The fourth-order valence-corrected chi connectivity index (χ4v) is 2.79. The van der Waals surface area contributed by atoms with Gasteiger partial charge in [0.2, 0.25) is 5.91 Å². The molecule has 0 radical (unpaired) electrons. The SMILES string of the molecule is O=C(CNC(=O)c1ccccc1)NCCCCN1CCCCC1. The second kappa shape index (κ2) is 10.0. The third-order valence-electron chi connectivity index (χ3n) is 4.12. The fraction of sp³-hybridized carbons (Fsp3) is 0.556. The van der Waals surface area contributed by atoms with Gasteiger partial charge in [-0.1, -0.05) is 24.6 Å². The van der Waals surface area contributed by atoms with Gasteiger partial charge in [-0.05, 0) is 57.5 Å². The van der Waals surface area contributed by atoms with Crippen molar-refractivity contribution in [1.82, 2.24) is 15.5 Å². The summed E-state index contributed by atoms with van der Waals surface area (Å²) in [6.07, 6.45) is 6.09. The molecular weight excluding hydrogens is 290 g/mol. The first-order valence-electron chi connectivity index (χ1n) is 8.58. The van der Waals surface area contributed by atoms with Crippen LogP contribution in [0, 0.1) is 0 Å². The van der Waals surface area contributed by atoms with Crippen LogP contribution in [0.3, 0.4) is 0 Å². The summed E-state index contributed by atoms with van der Waals surface area (Å²) in [6.45, 7) is 4.27.